The first-order chi connectivity index (χ1) is 13.3. The highest BCUT2D eigenvalue weighted by molar-refractivity contribution is 5.58. The maximum Gasteiger partial charge on any atom is 0.278 e. The van der Waals surface area contributed by atoms with E-state index in [2.05, 4.69) is 15.2 Å². The molecule has 1 unspecified atom stereocenters. The van der Waals surface area contributed by atoms with Crippen molar-refractivity contribution >= 4 is 0 Å². The molecule has 1 aliphatic rings. The summed E-state index contributed by atoms with van der Waals surface area (Å²) in [5.74, 6) is 0.0620. The molecule has 2 aromatic carbocycles. The Kier molecular flexibility index (Phi) is 3.79. The van der Waals surface area contributed by atoms with Gasteiger partial charge in [-0.3, -0.25) is 4.68 Å². The fourth-order valence-corrected chi connectivity index (χ4v) is 3.18. The molecule has 1 atom stereocenters. The van der Waals surface area contributed by atoms with E-state index >= 15 is 0 Å². The Bertz CT molecular complexity index is 1090. The lowest BCUT2D eigenvalue weighted by Gasteiger charge is -2.24. The van der Waals surface area contributed by atoms with E-state index in [0.717, 1.165) is 11.3 Å². The lowest BCUT2D eigenvalue weighted by molar-refractivity contribution is -0.00113. The highest BCUT2D eigenvalue weighted by atomic mass is 19.1. The van der Waals surface area contributed by atoms with Gasteiger partial charge in [0.2, 0.25) is 5.82 Å². The van der Waals surface area contributed by atoms with Crippen LogP contribution in [0.15, 0.2) is 65.2 Å². The molecule has 0 saturated heterocycles. The Hall–Kier alpha value is -3.32. The van der Waals surface area contributed by atoms with Gasteiger partial charge in [-0.25, -0.2) is 4.39 Å². The number of nitrogens with zero attached hydrogens (tertiary/aromatic N) is 4. The second kappa shape index (κ2) is 6.44. The third-order valence-electron chi connectivity index (χ3n) is 4.57. The van der Waals surface area contributed by atoms with Crippen LogP contribution in [0.2, 0.25) is 0 Å². The van der Waals surface area contributed by atoms with Gasteiger partial charge in [-0.1, -0.05) is 47.6 Å². The van der Waals surface area contributed by atoms with Gasteiger partial charge in [0.25, 0.3) is 5.89 Å². The SMILES string of the molecule is Fc1ccccc1-c1noc(-c2cc3n(n2)CC(c2ccccc2)OC3)n1. The standard InChI is InChI=1S/C20H15FN4O2/c21-16-9-5-4-8-15(16)19-22-20(27-24-19)17-10-14-12-26-18(11-25(14)23-17)13-6-2-1-3-7-13/h1-10,18H,11-12H2. The van der Waals surface area contributed by atoms with E-state index in [4.69, 9.17) is 9.26 Å². The molecular formula is C20H15FN4O2. The summed E-state index contributed by atoms with van der Waals surface area (Å²) in [6.45, 7) is 1.05. The topological polar surface area (TPSA) is 66.0 Å². The molecule has 0 fully saturated rings. The minimum atomic E-state index is -0.395. The van der Waals surface area contributed by atoms with E-state index in [1.165, 1.54) is 6.07 Å². The van der Waals surface area contributed by atoms with Crippen LogP contribution < -0.4 is 0 Å². The average molecular weight is 362 g/mol. The van der Waals surface area contributed by atoms with Gasteiger partial charge in [0.05, 0.1) is 24.4 Å². The Morgan fingerprint density at radius 2 is 1.85 bits per heavy atom. The number of hydrogen-bond donors (Lipinski definition) is 0. The summed E-state index contributed by atoms with van der Waals surface area (Å²) in [5.41, 5.74) is 2.89. The first-order valence-corrected chi connectivity index (χ1v) is 8.60. The van der Waals surface area contributed by atoms with Crippen molar-refractivity contribution < 1.29 is 13.7 Å². The molecule has 0 bridgehead atoms. The Morgan fingerprint density at radius 1 is 1.04 bits per heavy atom. The van der Waals surface area contributed by atoms with Crippen LogP contribution in [-0.4, -0.2) is 19.9 Å². The Morgan fingerprint density at radius 3 is 2.70 bits per heavy atom. The molecule has 4 aromatic rings. The molecule has 27 heavy (non-hydrogen) atoms. The number of benzene rings is 2. The van der Waals surface area contributed by atoms with Gasteiger partial charge in [-0.2, -0.15) is 10.1 Å². The van der Waals surface area contributed by atoms with Crippen molar-refractivity contribution in [2.24, 2.45) is 0 Å². The monoisotopic (exact) mass is 362 g/mol. The Balaban J connectivity index is 1.43. The van der Waals surface area contributed by atoms with Crippen LogP contribution in [0.1, 0.15) is 17.4 Å². The van der Waals surface area contributed by atoms with Crippen LogP contribution in [0.5, 0.6) is 0 Å². The van der Waals surface area contributed by atoms with Crippen LogP contribution >= 0.6 is 0 Å². The summed E-state index contributed by atoms with van der Waals surface area (Å²) in [7, 11) is 0. The molecule has 0 amide bonds. The van der Waals surface area contributed by atoms with Crippen molar-refractivity contribution in [2.75, 3.05) is 0 Å². The number of hydrogen-bond acceptors (Lipinski definition) is 5. The normalized spacial score (nSPS) is 16.3. The van der Waals surface area contributed by atoms with Gasteiger partial charge in [0.1, 0.15) is 11.9 Å². The predicted octanol–water partition coefficient (Wildman–Crippen LogP) is 4.01. The largest absolute Gasteiger partial charge is 0.365 e. The molecule has 2 aromatic heterocycles. The van der Waals surface area contributed by atoms with Crippen molar-refractivity contribution in [3.05, 3.63) is 77.7 Å². The molecule has 0 spiro atoms. The minimum absolute atomic E-state index is 0.0527. The molecule has 0 saturated carbocycles. The zero-order valence-electron chi connectivity index (χ0n) is 14.2. The van der Waals surface area contributed by atoms with Crippen LogP contribution in [0, 0.1) is 5.82 Å². The van der Waals surface area contributed by atoms with Gasteiger partial charge in [-0.05, 0) is 23.8 Å². The molecule has 0 N–H and O–H groups in total. The van der Waals surface area contributed by atoms with Gasteiger partial charge in [0, 0.05) is 0 Å². The first-order valence-electron chi connectivity index (χ1n) is 8.60. The van der Waals surface area contributed by atoms with Crippen molar-refractivity contribution in [1.82, 2.24) is 19.9 Å². The number of ether oxygens (including phenoxy) is 1. The molecular weight excluding hydrogens is 347 g/mol. The maximum absolute atomic E-state index is 13.9. The molecule has 134 valence electrons. The van der Waals surface area contributed by atoms with E-state index in [9.17, 15) is 4.39 Å². The van der Waals surface area contributed by atoms with Crippen LogP contribution in [-0.2, 0) is 17.9 Å². The fraction of sp³-hybridized carbons (Fsp3) is 0.150. The highest BCUT2D eigenvalue weighted by Crippen LogP contribution is 2.29. The lowest BCUT2D eigenvalue weighted by atomic mass is 10.1. The van der Waals surface area contributed by atoms with Crippen molar-refractivity contribution in [1.29, 1.82) is 0 Å². The van der Waals surface area contributed by atoms with Gasteiger partial charge in [-0.15, -0.1) is 0 Å². The molecule has 1 aliphatic heterocycles. The summed E-state index contributed by atoms with van der Waals surface area (Å²) < 4.78 is 27.1. The Labute approximate surface area is 154 Å². The quantitative estimate of drug-likeness (QED) is 0.551. The average Bonchev–Trinajstić information content (AvgIpc) is 3.35. The van der Waals surface area contributed by atoms with E-state index in [-0.39, 0.29) is 17.8 Å². The molecule has 7 heteroatoms. The summed E-state index contributed by atoms with van der Waals surface area (Å²) >= 11 is 0. The summed E-state index contributed by atoms with van der Waals surface area (Å²) in [5, 5.41) is 8.46. The van der Waals surface area contributed by atoms with Crippen molar-refractivity contribution in [3.63, 3.8) is 0 Å². The zero-order valence-corrected chi connectivity index (χ0v) is 14.2. The van der Waals surface area contributed by atoms with Crippen LogP contribution in [0.25, 0.3) is 23.0 Å². The van der Waals surface area contributed by atoms with E-state index in [1.54, 1.807) is 18.2 Å². The third-order valence-corrected chi connectivity index (χ3v) is 4.57. The van der Waals surface area contributed by atoms with Crippen LogP contribution in [0.3, 0.4) is 0 Å². The zero-order chi connectivity index (χ0) is 18.2. The molecule has 6 nitrogen and oxygen atoms in total. The van der Waals surface area contributed by atoms with Gasteiger partial charge < -0.3 is 9.26 Å². The number of fused-ring (bicyclic) bond motifs is 1. The van der Waals surface area contributed by atoms with Crippen LogP contribution in [0.4, 0.5) is 4.39 Å². The molecule has 5 rings (SSSR count). The highest BCUT2D eigenvalue weighted by Gasteiger charge is 2.24. The molecule has 0 aliphatic carbocycles. The fourth-order valence-electron chi connectivity index (χ4n) is 3.18. The van der Waals surface area contributed by atoms with Crippen molar-refractivity contribution in [3.8, 4) is 23.0 Å². The van der Waals surface area contributed by atoms with E-state index in [0.29, 0.717) is 24.4 Å². The number of halogens is 1. The minimum Gasteiger partial charge on any atom is -0.365 e. The van der Waals surface area contributed by atoms with Gasteiger partial charge >= 0.3 is 0 Å². The lowest BCUT2D eigenvalue weighted by Crippen LogP contribution is -2.21. The predicted molar refractivity (Wildman–Crippen MR) is 94.9 cm³/mol. The number of aromatic nitrogens is 4. The number of rotatable bonds is 3. The second-order valence-corrected chi connectivity index (χ2v) is 6.32. The smallest absolute Gasteiger partial charge is 0.278 e. The first kappa shape index (κ1) is 15.9. The summed E-state index contributed by atoms with van der Waals surface area (Å²) in [6, 6.07) is 18.2. The van der Waals surface area contributed by atoms with Crippen molar-refractivity contribution in [2.45, 2.75) is 19.3 Å². The third kappa shape index (κ3) is 2.92. The molecule has 3 heterocycles. The van der Waals surface area contributed by atoms with Gasteiger partial charge in [0.15, 0.2) is 5.69 Å². The molecule has 0 radical (unpaired) electrons. The van der Waals surface area contributed by atoms with E-state index in [1.807, 2.05) is 41.1 Å². The van der Waals surface area contributed by atoms with E-state index < -0.39 is 5.82 Å². The maximum atomic E-state index is 13.9. The summed E-state index contributed by atoms with van der Waals surface area (Å²) in [6.07, 6.45) is -0.0527. The second-order valence-electron chi connectivity index (χ2n) is 6.32. The summed E-state index contributed by atoms with van der Waals surface area (Å²) in [4.78, 5) is 4.30.